The van der Waals surface area contributed by atoms with Gasteiger partial charge in [-0.05, 0) is 56.0 Å². The molecule has 19 heteroatoms. The number of carbonyl (C=O) groups excluding carboxylic acids is 1. The number of amides is 1. The summed E-state index contributed by atoms with van der Waals surface area (Å²) in [5.74, 6) is -0.426. The number of fused-ring (bicyclic) bond motifs is 6. The number of nitrogens with one attached hydrogen (secondary N) is 1. The number of methoxy groups -OCH3 is 1. The number of hydrogen-bond acceptors (Lipinski definition) is 11. The topological polar surface area (TPSA) is 156 Å². The lowest BCUT2D eigenvalue weighted by Crippen LogP contribution is -2.47. The zero-order valence-corrected chi connectivity index (χ0v) is 33.6. The smallest absolute Gasteiger partial charge is 0.245 e. The zero-order valence-electron chi connectivity index (χ0n) is 32.8. The predicted molar refractivity (Wildman–Crippen MR) is 214 cm³/mol. The second-order valence-electron chi connectivity index (χ2n) is 15.7. The van der Waals surface area contributed by atoms with Crippen LogP contribution in [0.2, 0.25) is 0 Å². The van der Waals surface area contributed by atoms with Gasteiger partial charge in [0.25, 0.3) is 0 Å². The third kappa shape index (κ3) is 7.24. The largest absolute Gasteiger partial charge is 0.378 e. The fourth-order valence-corrected chi connectivity index (χ4v) is 9.63. The summed E-state index contributed by atoms with van der Waals surface area (Å²) in [4.78, 5) is 37.8. The highest BCUT2D eigenvalue weighted by atomic mass is 32.2. The van der Waals surface area contributed by atoms with E-state index in [0.717, 1.165) is 12.1 Å². The summed E-state index contributed by atoms with van der Waals surface area (Å²) in [7, 11) is -0.104. The molecule has 2 fully saturated rings. The van der Waals surface area contributed by atoms with Gasteiger partial charge in [-0.15, -0.1) is 0 Å². The van der Waals surface area contributed by atoms with Crippen molar-refractivity contribution in [2.45, 2.75) is 50.9 Å². The van der Waals surface area contributed by atoms with Crippen LogP contribution in [0.25, 0.3) is 39.0 Å². The number of likely N-dealkylation sites (N-methyl/N-ethyl adjacent to an activating group) is 1. The van der Waals surface area contributed by atoms with Crippen LogP contribution in [0.4, 0.5) is 24.8 Å². The SMILES string of the molecule is CO[C@H]1CN(C)C(=O)[C@@H]2C[C@@H](CN2c2nc(CC3CCN(S(C)(=O)=O)C3)nc3c2cnn3-c2ccc(F)cc2F)Nc2cccc(n2)-c2cc(F)cc3nc(C)n(c23)C1. The van der Waals surface area contributed by atoms with E-state index in [1.165, 1.54) is 39.6 Å². The molecular weight excluding hydrogens is 788 g/mol. The molecule has 0 radical (unpaired) electrons. The summed E-state index contributed by atoms with van der Waals surface area (Å²) in [5, 5.41) is 8.45. The molecule has 15 nitrogen and oxygen atoms in total. The predicted octanol–water partition coefficient (Wildman–Crippen LogP) is 4.32. The van der Waals surface area contributed by atoms with E-state index in [4.69, 9.17) is 19.7 Å². The summed E-state index contributed by atoms with van der Waals surface area (Å²) < 4.78 is 79.9. The number of aryl methyl sites for hydroxylation is 1. The van der Waals surface area contributed by atoms with E-state index in [-0.39, 0.29) is 48.8 Å². The lowest BCUT2D eigenvalue weighted by atomic mass is 10.0. The lowest BCUT2D eigenvalue weighted by Gasteiger charge is -2.31. The van der Waals surface area contributed by atoms with Crippen LogP contribution in [-0.4, -0.2) is 123 Å². The Kier molecular flexibility index (Phi) is 9.78. The van der Waals surface area contributed by atoms with Gasteiger partial charge in [-0.1, -0.05) is 6.07 Å². The zero-order chi connectivity index (χ0) is 41.3. The molecule has 7 heterocycles. The molecular formula is C40H42F3N11O4S. The van der Waals surface area contributed by atoms with E-state index in [1.807, 2.05) is 34.6 Å². The molecule has 308 valence electrons. The number of sulfonamides is 1. The molecule has 4 aromatic heterocycles. The first-order valence-electron chi connectivity index (χ1n) is 19.3. The Balaban J connectivity index is 1.15. The number of ether oxygens (including phenoxy) is 1. The van der Waals surface area contributed by atoms with Crippen molar-refractivity contribution in [3.05, 3.63) is 83.8 Å². The van der Waals surface area contributed by atoms with Gasteiger partial charge in [0.1, 0.15) is 46.6 Å². The maximum Gasteiger partial charge on any atom is 0.245 e. The van der Waals surface area contributed by atoms with Crippen LogP contribution in [0.5, 0.6) is 0 Å². The molecule has 0 saturated carbocycles. The van der Waals surface area contributed by atoms with Gasteiger partial charge in [-0.2, -0.15) is 5.10 Å². The number of hydrogen-bond donors (Lipinski definition) is 1. The van der Waals surface area contributed by atoms with Crippen molar-refractivity contribution in [2.75, 3.05) is 56.8 Å². The van der Waals surface area contributed by atoms with E-state index < -0.39 is 39.6 Å². The summed E-state index contributed by atoms with van der Waals surface area (Å²) in [6.45, 7) is 3.31. The van der Waals surface area contributed by atoms with Crippen molar-refractivity contribution in [1.82, 2.24) is 43.5 Å². The summed E-state index contributed by atoms with van der Waals surface area (Å²) in [5.41, 5.74) is 2.51. The van der Waals surface area contributed by atoms with E-state index in [2.05, 4.69) is 15.4 Å². The quantitative estimate of drug-likeness (QED) is 0.255. The number of pyridine rings is 1. The molecule has 1 amide bonds. The number of rotatable bonds is 6. The highest BCUT2D eigenvalue weighted by Gasteiger charge is 2.41. The maximum absolute atomic E-state index is 15.3. The molecule has 4 atom stereocenters. The van der Waals surface area contributed by atoms with Crippen LogP contribution >= 0.6 is 0 Å². The first-order chi connectivity index (χ1) is 28.2. The van der Waals surface area contributed by atoms with Crippen LogP contribution in [0, 0.1) is 30.3 Å². The number of nitrogens with zero attached hydrogens (tertiary/aromatic N) is 10. The Morgan fingerprint density at radius 3 is 2.56 bits per heavy atom. The van der Waals surface area contributed by atoms with Crippen molar-refractivity contribution in [3.63, 3.8) is 0 Å². The normalized spacial score (nSPS) is 21.6. The van der Waals surface area contributed by atoms with Gasteiger partial charge in [0.15, 0.2) is 11.5 Å². The Hall–Kier alpha value is -5.66. The number of imidazole rings is 1. The molecule has 0 spiro atoms. The second kappa shape index (κ2) is 14.9. The molecule has 3 aliphatic rings. The Bertz CT molecular complexity index is 2740. The van der Waals surface area contributed by atoms with Gasteiger partial charge < -0.3 is 24.4 Å². The van der Waals surface area contributed by atoms with Crippen LogP contribution in [0.3, 0.4) is 0 Å². The number of aromatic nitrogens is 7. The van der Waals surface area contributed by atoms with E-state index in [9.17, 15) is 17.6 Å². The monoisotopic (exact) mass is 829 g/mol. The minimum atomic E-state index is -3.41. The third-order valence-electron chi connectivity index (χ3n) is 11.6. The standard InChI is InChI=1S/C40H42F3N11O4S/c1-22-45-32-15-25(42)13-28-31-6-5-7-35(47-31)46-26-16-34(40(55)50(2)20-27(58-3)21-52(22)37(28)32)53(19-26)38-29-17-44-54(33-9-8-24(41)14-30(33)43)39(29)49-36(48-38)12-23-10-11-51(18-23)59(4,56)57/h5-9,13-15,17,23,26-27,34H,10-12,16,18-21H2,1-4H3,(H,46,47)/t23?,26-,27-,34-/m0/s1. The van der Waals surface area contributed by atoms with Gasteiger partial charge in [0.2, 0.25) is 15.9 Å². The highest BCUT2D eigenvalue weighted by Crippen LogP contribution is 2.36. The Morgan fingerprint density at radius 1 is 0.966 bits per heavy atom. The number of benzene rings is 2. The first kappa shape index (κ1) is 38.8. The summed E-state index contributed by atoms with van der Waals surface area (Å²) >= 11 is 0. The molecule has 6 aromatic rings. The lowest BCUT2D eigenvalue weighted by molar-refractivity contribution is -0.132. The van der Waals surface area contributed by atoms with Crippen LogP contribution in [-0.2, 0) is 32.5 Å². The molecule has 1 unspecified atom stereocenters. The molecule has 0 aliphatic carbocycles. The molecule has 2 aromatic carbocycles. The number of carbonyl (C=O) groups is 1. The Labute approximate surface area is 337 Å². The van der Waals surface area contributed by atoms with E-state index in [1.54, 1.807) is 19.1 Å². The molecule has 2 saturated heterocycles. The van der Waals surface area contributed by atoms with Crippen molar-refractivity contribution in [3.8, 4) is 16.9 Å². The molecule has 9 rings (SSSR count). The second-order valence-corrected chi connectivity index (χ2v) is 17.6. The van der Waals surface area contributed by atoms with Gasteiger partial charge in [0.05, 0.1) is 47.2 Å². The summed E-state index contributed by atoms with van der Waals surface area (Å²) in [6, 6.07) is 10.4. The molecule has 1 N–H and O–H groups in total. The van der Waals surface area contributed by atoms with Crippen molar-refractivity contribution in [2.24, 2.45) is 5.92 Å². The minimum absolute atomic E-state index is 0.0284. The third-order valence-corrected chi connectivity index (χ3v) is 12.9. The van der Waals surface area contributed by atoms with Crippen molar-refractivity contribution >= 4 is 49.6 Å². The van der Waals surface area contributed by atoms with Gasteiger partial charge in [-0.3, -0.25) is 4.79 Å². The van der Waals surface area contributed by atoms with Gasteiger partial charge in [0, 0.05) is 70.5 Å². The van der Waals surface area contributed by atoms with Crippen LogP contribution in [0.1, 0.15) is 24.5 Å². The fourth-order valence-electron chi connectivity index (χ4n) is 8.71. The van der Waals surface area contributed by atoms with Crippen LogP contribution < -0.4 is 10.2 Å². The first-order valence-corrected chi connectivity index (χ1v) is 21.2. The van der Waals surface area contributed by atoms with Gasteiger partial charge >= 0.3 is 0 Å². The van der Waals surface area contributed by atoms with Gasteiger partial charge in [-0.25, -0.2) is 50.5 Å². The molecule has 59 heavy (non-hydrogen) atoms. The minimum Gasteiger partial charge on any atom is -0.378 e. The van der Waals surface area contributed by atoms with E-state index >= 15 is 8.78 Å². The average Bonchev–Trinajstić information content (AvgIpc) is 3.99. The van der Waals surface area contributed by atoms with Crippen molar-refractivity contribution in [1.29, 1.82) is 0 Å². The summed E-state index contributed by atoms with van der Waals surface area (Å²) in [6.07, 6.45) is 3.44. The van der Waals surface area contributed by atoms with Crippen LogP contribution in [0.15, 0.2) is 54.7 Å². The Morgan fingerprint density at radius 2 is 1.80 bits per heavy atom. The molecule has 4 bridgehead atoms. The maximum atomic E-state index is 15.3. The van der Waals surface area contributed by atoms with Crippen molar-refractivity contribution < 1.29 is 31.1 Å². The molecule has 3 aliphatic heterocycles. The number of anilines is 2. The number of halogens is 3. The fraction of sp³-hybridized carbons (Fsp3) is 0.400. The van der Waals surface area contributed by atoms with E-state index in [0.29, 0.717) is 83.3 Å². The average molecular weight is 830 g/mol. The highest BCUT2D eigenvalue weighted by molar-refractivity contribution is 7.88.